The molecule has 0 unspecified atom stereocenters. The molecule has 1 aromatic carbocycles. The van der Waals surface area contributed by atoms with Gasteiger partial charge in [0.1, 0.15) is 0 Å². The maximum atomic E-state index is 5.90. The normalized spacial score (nSPS) is 10.8. The van der Waals surface area contributed by atoms with Gasteiger partial charge in [-0.2, -0.15) is 0 Å². The fraction of sp³-hybridized carbons (Fsp3) is 0.250. The van der Waals surface area contributed by atoms with E-state index in [4.69, 9.17) is 10.5 Å². The Balaban J connectivity index is 0.00000242. The van der Waals surface area contributed by atoms with Crippen LogP contribution in [0.15, 0.2) is 41.4 Å². The topological polar surface area (TPSA) is 72.5 Å². The van der Waals surface area contributed by atoms with Crippen LogP contribution in [-0.2, 0) is 6.54 Å². The van der Waals surface area contributed by atoms with Gasteiger partial charge in [-0.25, -0.2) is 9.98 Å². The zero-order valence-corrected chi connectivity index (χ0v) is 15.3. The summed E-state index contributed by atoms with van der Waals surface area (Å²) in [5.74, 6) is 0.938. The maximum Gasteiger partial charge on any atom is 0.213 e. The smallest absolute Gasteiger partial charge is 0.213 e. The summed E-state index contributed by atoms with van der Waals surface area (Å²) in [5, 5.41) is 3.09. The quantitative estimate of drug-likeness (QED) is 0.460. The van der Waals surface area contributed by atoms with Crippen molar-refractivity contribution in [3.8, 4) is 5.88 Å². The van der Waals surface area contributed by atoms with E-state index in [1.165, 1.54) is 11.1 Å². The number of guanidine groups is 1. The Bertz CT molecular complexity index is 638. The number of rotatable bonds is 4. The van der Waals surface area contributed by atoms with Crippen LogP contribution in [0, 0.1) is 13.8 Å². The third-order valence-corrected chi connectivity index (χ3v) is 2.90. The van der Waals surface area contributed by atoms with Crippen molar-refractivity contribution in [1.29, 1.82) is 0 Å². The molecule has 0 aliphatic heterocycles. The van der Waals surface area contributed by atoms with E-state index in [9.17, 15) is 0 Å². The highest BCUT2D eigenvalue weighted by molar-refractivity contribution is 14.0. The molecule has 3 N–H and O–H groups in total. The zero-order chi connectivity index (χ0) is 15.2. The van der Waals surface area contributed by atoms with Crippen LogP contribution >= 0.6 is 24.0 Å². The Morgan fingerprint density at radius 1 is 1.23 bits per heavy atom. The fourth-order valence-electron chi connectivity index (χ4n) is 2.06. The first-order valence-corrected chi connectivity index (χ1v) is 6.72. The summed E-state index contributed by atoms with van der Waals surface area (Å²) in [5.41, 5.74) is 10.0. The Labute approximate surface area is 148 Å². The maximum absolute atomic E-state index is 5.90. The molecule has 2 rings (SSSR count). The fourth-order valence-corrected chi connectivity index (χ4v) is 2.06. The predicted molar refractivity (Wildman–Crippen MR) is 101 cm³/mol. The van der Waals surface area contributed by atoms with Gasteiger partial charge >= 0.3 is 0 Å². The van der Waals surface area contributed by atoms with Gasteiger partial charge in [0.15, 0.2) is 5.96 Å². The van der Waals surface area contributed by atoms with Crippen LogP contribution in [0.4, 0.5) is 5.69 Å². The molecule has 0 aliphatic rings. The third kappa shape index (κ3) is 5.51. The van der Waals surface area contributed by atoms with E-state index in [0.717, 1.165) is 11.4 Å². The number of nitrogens with two attached hydrogens (primary N) is 1. The molecule has 0 amide bonds. The van der Waals surface area contributed by atoms with Crippen LogP contribution < -0.4 is 15.8 Å². The van der Waals surface area contributed by atoms with Gasteiger partial charge in [0.2, 0.25) is 5.88 Å². The second kappa shape index (κ2) is 8.57. The molecule has 0 fully saturated rings. The van der Waals surface area contributed by atoms with E-state index in [1.807, 2.05) is 38.1 Å². The van der Waals surface area contributed by atoms with Crippen LogP contribution in [0.3, 0.4) is 0 Å². The summed E-state index contributed by atoms with van der Waals surface area (Å²) in [4.78, 5) is 8.58. The first-order chi connectivity index (χ1) is 10.1. The molecule has 1 heterocycles. The van der Waals surface area contributed by atoms with Crippen LogP contribution in [0.2, 0.25) is 0 Å². The average molecular weight is 412 g/mol. The number of anilines is 1. The molecule has 2 aromatic rings. The highest BCUT2D eigenvalue weighted by Gasteiger charge is 2.00. The van der Waals surface area contributed by atoms with Crippen LogP contribution in [-0.4, -0.2) is 18.1 Å². The Kier molecular flexibility index (Phi) is 7.10. The predicted octanol–water partition coefficient (Wildman–Crippen LogP) is 3.25. The standard InChI is InChI=1S/C16H20N4O.HI/c1-11-7-12(2)9-14(8-11)20-16(17)18-10-13-5-4-6-15(19-13)21-3;/h4-9H,10H2,1-3H3,(H3,17,18,20);1H. The summed E-state index contributed by atoms with van der Waals surface area (Å²) in [6.45, 7) is 4.50. The van der Waals surface area contributed by atoms with Gasteiger partial charge < -0.3 is 15.8 Å². The number of hydrogen-bond acceptors (Lipinski definition) is 3. The van der Waals surface area contributed by atoms with Crippen molar-refractivity contribution in [1.82, 2.24) is 4.98 Å². The van der Waals surface area contributed by atoms with Crippen molar-refractivity contribution in [3.63, 3.8) is 0 Å². The Hall–Kier alpha value is -1.83. The van der Waals surface area contributed by atoms with E-state index >= 15 is 0 Å². The molecule has 0 atom stereocenters. The highest BCUT2D eigenvalue weighted by Crippen LogP contribution is 2.13. The minimum atomic E-state index is 0. The van der Waals surface area contributed by atoms with Crippen LogP contribution in [0.1, 0.15) is 16.8 Å². The number of aromatic nitrogens is 1. The minimum absolute atomic E-state index is 0. The summed E-state index contributed by atoms with van der Waals surface area (Å²) in [6.07, 6.45) is 0. The molecular formula is C16H21IN4O. The van der Waals surface area contributed by atoms with Crippen molar-refractivity contribution < 1.29 is 4.74 Å². The lowest BCUT2D eigenvalue weighted by Gasteiger charge is -2.08. The van der Waals surface area contributed by atoms with Crippen molar-refractivity contribution in [2.45, 2.75) is 20.4 Å². The molecule has 0 saturated carbocycles. The van der Waals surface area contributed by atoms with E-state index in [0.29, 0.717) is 18.4 Å². The number of aliphatic imine (C=N–C) groups is 1. The molecule has 0 radical (unpaired) electrons. The summed E-state index contributed by atoms with van der Waals surface area (Å²) in [7, 11) is 1.59. The number of pyridine rings is 1. The van der Waals surface area contributed by atoms with Gasteiger partial charge in [-0.05, 0) is 43.2 Å². The number of nitrogens with one attached hydrogen (secondary N) is 1. The van der Waals surface area contributed by atoms with E-state index in [1.54, 1.807) is 13.2 Å². The van der Waals surface area contributed by atoms with Crippen LogP contribution in [0.25, 0.3) is 0 Å². The Morgan fingerprint density at radius 2 is 1.91 bits per heavy atom. The van der Waals surface area contributed by atoms with Crippen molar-refractivity contribution in [2.75, 3.05) is 12.4 Å². The largest absolute Gasteiger partial charge is 0.481 e. The molecule has 22 heavy (non-hydrogen) atoms. The summed E-state index contributed by atoms with van der Waals surface area (Å²) < 4.78 is 5.08. The first kappa shape index (κ1) is 18.2. The number of methoxy groups -OCH3 is 1. The van der Waals surface area contributed by atoms with Gasteiger partial charge in [-0.1, -0.05) is 12.1 Å². The number of aryl methyl sites for hydroxylation is 2. The molecule has 1 aromatic heterocycles. The lowest BCUT2D eigenvalue weighted by Crippen LogP contribution is -2.22. The second-order valence-corrected chi connectivity index (χ2v) is 4.87. The molecule has 6 heteroatoms. The molecule has 0 spiro atoms. The molecule has 5 nitrogen and oxygen atoms in total. The lowest BCUT2D eigenvalue weighted by molar-refractivity contribution is 0.396. The highest BCUT2D eigenvalue weighted by atomic mass is 127. The van der Waals surface area contributed by atoms with Crippen LogP contribution in [0.5, 0.6) is 5.88 Å². The SMILES string of the molecule is COc1cccc(CN=C(N)Nc2cc(C)cc(C)c2)n1.I. The summed E-state index contributed by atoms with van der Waals surface area (Å²) >= 11 is 0. The zero-order valence-electron chi connectivity index (χ0n) is 13.0. The van der Waals surface area contributed by atoms with Gasteiger partial charge in [0.05, 0.1) is 19.3 Å². The number of benzene rings is 1. The monoisotopic (exact) mass is 412 g/mol. The minimum Gasteiger partial charge on any atom is -0.481 e. The van der Waals surface area contributed by atoms with E-state index in [2.05, 4.69) is 21.4 Å². The number of hydrogen-bond donors (Lipinski definition) is 2. The third-order valence-electron chi connectivity index (χ3n) is 2.90. The molecule has 118 valence electrons. The second-order valence-electron chi connectivity index (χ2n) is 4.87. The van der Waals surface area contributed by atoms with Gasteiger partial charge in [-0.3, -0.25) is 0 Å². The summed E-state index contributed by atoms with van der Waals surface area (Å²) in [6, 6.07) is 11.7. The van der Waals surface area contributed by atoms with Gasteiger partial charge in [0, 0.05) is 11.8 Å². The Morgan fingerprint density at radius 3 is 2.55 bits per heavy atom. The first-order valence-electron chi connectivity index (χ1n) is 6.72. The van der Waals surface area contributed by atoms with E-state index < -0.39 is 0 Å². The van der Waals surface area contributed by atoms with Gasteiger partial charge in [0.25, 0.3) is 0 Å². The number of halogens is 1. The van der Waals surface area contributed by atoms with Crippen molar-refractivity contribution >= 4 is 35.6 Å². The average Bonchev–Trinajstić information content (AvgIpc) is 2.44. The number of ether oxygens (including phenoxy) is 1. The van der Waals surface area contributed by atoms with E-state index in [-0.39, 0.29) is 24.0 Å². The molecule has 0 saturated heterocycles. The van der Waals surface area contributed by atoms with Crippen molar-refractivity contribution in [2.24, 2.45) is 10.7 Å². The van der Waals surface area contributed by atoms with Gasteiger partial charge in [-0.15, -0.1) is 24.0 Å². The molecule has 0 aliphatic carbocycles. The number of nitrogens with zero attached hydrogens (tertiary/aromatic N) is 2. The van der Waals surface area contributed by atoms with Crippen molar-refractivity contribution in [3.05, 3.63) is 53.2 Å². The lowest BCUT2D eigenvalue weighted by atomic mass is 10.1. The molecular weight excluding hydrogens is 391 g/mol. The molecule has 0 bridgehead atoms.